The second-order valence-electron chi connectivity index (χ2n) is 2.80. The highest BCUT2D eigenvalue weighted by Crippen LogP contribution is 2.22. The van der Waals surface area contributed by atoms with Crippen LogP contribution >= 0.6 is 67.8 Å². The zero-order valence-corrected chi connectivity index (χ0v) is 14.2. The number of carboxylic acid groups (broad SMARTS) is 1. The first-order valence-electron chi connectivity index (χ1n) is 4.04. The summed E-state index contributed by atoms with van der Waals surface area (Å²) in [7, 11) is 0. The van der Waals surface area contributed by atoms with Crippen molar-refractivity contribution in [2.24, 2.45) is 0 Å². The van der Waals surface area contributed by atoms with Crippen LogP contribution in [0.15, 0.2) is 12.1 Å². The van der Waals surface area contributed by atoms with Crippen molar-refractivity contribution in [3.63, 3.8) is 0 Å². The van der Waals surface area contributed by atoms with Crippen LogP contribution in [0.1, 0.15) is 10.4 Å². The molecular formula is C9H5I3NO3-. The standard InChI is InChI=1S/C9H6I3NO3/c10-4-1-5(8(12)6(11)2-4)9(16)13-3-7(14)15/h1-2H,3H2,(H,13,16)(H,14,15)/p-1. The fraction of sp³-hybridized carbons (Fsp3) is 0.111. The molecule has 0 saturated heterocycles. The largest absolute Gasteiger partial charge is 0.548 e. The number of rotatable bonds is 3. The molecule has 86 valence electrons. The molecule has 1 N–H and O–H groups in total. The number of hydrogen-bond acceptors (Lipinski definition) is 3. The molecule has 4 nitrogen and oxygen atoms in total. The molecule has 0 saturated carbocycles. The Labute approximate surface area is 133 Å². The first kappa shape index (κ1) is 14.4. The minimum atomic E-state index is -1.30. The van der Waals surface area contributed by atoms with Crippen molar-refractivity contribution in [1.82, 2.24) is 5.32 Å². The highest BCUT2D eigenvalue weighted by atomic mass is 127. The van der Waals surface area contributed by atoms with E-state index in [1.807, 2.05) is 6.07 Å². The summed E-state index contributed by atoms with van der Waals surface area (Å²) in [6, 6.07) is 3.66. The van der Waals surface area contributed by atoms with Gasteiger partial charge in [-0.2, -0.15) is 0 Å². The molecule has 1 amide bonds. The average Bonchev–Trinajstić information content (AvgIpc) is 2.19. The van der Waals surface area contributed by atoms with Crippen LogP contribution in [0.2, 0.25) is 0 Å². The van der Waals surface area contributed by atoms with Gasteiger partial charge in [-0.25, -0.2) is 0 Å². The Morgan fingerprint density at radius 3 is 2.44 bits per heavy atom. The molecule has 1 rings (SSSR count). The minimum absolute atomic E-state index is 0.398. The zero-order chi connectivity index (χ0) is 12.3. The van der Waals surface area contributed by atoms with Gasteiger partial charge in [0.15, 0.2) is 0 Å². The van der Waals surface area contributed by atoms with E-state index >= 15 is 0 Å². The highest BCUT2D eigenvalue weighted by Gasteiger charge is 2.12. The van der Waals surface area contributed by atoms with Gasteiger partial charge in [-0.3, -0.25) is 4.79 Å². The maximum atomic E-state index is 11.7. The summed E-state index contributed by atoms with van der Waals surface area (Å²) >= 11 is 6.29. The van der Waals surface area contributed by atoms with E-state index in [-0.39, 0.29) is 0 Å². The molecule has 0 aliphatic heterocycles. The molecule has 0 fully saturated rings. The van der Waals surface area contributed by atoms with Gasteiger partial charge in [-0.1, -0.05) is 0 Å². The SMILES string of the molecule is O=C([O-])CNC(=O)c1cc(I)cc(I)c1I. The highest BCUT2D eigenvalue weighted by molar-refractivity contribution is 14.1. The lowest BCUT2D eigenvalue weighted by Gasteiger charge is -2.09. The minimum Gasteiger partial charge on any atom is -0.548 e. The summed E-state index contributed by atoms with van der Waals surface area (Å²) in [5.41, 5.74) is 0.484. The topological polar surface area (TPSA) is 69.2 Å². The Kier molecular flexibility index (Phi) is 5.70. The van der Waals surface area contributed by atoms with E-state index in [2.05, 4.69) is 73.1 Å². The van der Waals surface area contributed by atoms with E-state index in [9.17, 15) is 14.7 Å². The Bertz CT molecular complexity index is 448. The van der Waals surface area contributed by atoms with Gasteiger partial charge in [0.05, 0.1) is 18.1 Å². The normalized spacial score (nSPS) is 9.94. The van der Waals surface area contributed by atoms with Crippen LogP contribution < -0.4 is 10.4 Å². The Balaban J connectivity index is 2.95. The van der Waals surface area contributed by atoms with E-state index in [1.165, 1.54) is 0 Å². The van der Waals surface area contributed by atoms with Gasteiger partial charge in [-0.05, 0) is 79.9 Å². The first-order valence-corrected chi connectivity index (χ1v) is 7.28. The van der Waals surface area contributed by atoms with E-state index in [1.54, 1.807) is 6.07 Å². The molecule has 0 aliphatic carbocycles. The third kappa shape index (κ3) is 3.98. The average molecular weight is 556 g/mol. The maximum Gasteiger partial charge on any atom is 0.252 e. The number of halogens is 3. The van der Waals surface area contributed by atoms with Gasteiger partial charge < -0.3 is 15.2 Å². The predicted octanol–water partition coefficient (Wildman–Crippen LogP) is 0.980. The van der Waals surface area contributed by atoms with Crippen LogP contribution in [-0.4, -0.2) is 18.4 Å². The number of nitrogens with one attached hydrogen (secondary N) is 1. The van der Waals surface area contributed by atoms with Gasteiger partial charge in [0.25, 0.3) is 5.91 Å². The number of amides is 1. The summed E-state index contributed by atoms with van der Waals surface area (Å²) in [4.78, 5) is 21.9. The fourth-order valence-corrected chi connectivity index (χ4v) is 3.37. The van der Waals surface area contributed by atoms with Gasteiger partial charge >= 0.3 is 0 Å². The van der Waals surface area contributed by atoms with Crippen molar-refractivity contribution in [3.05, 3.63) is 28.4 Å². The molecule has 0 unspecified atom stereocenters. The van der Waals surface area contributed by atoms with Crippen molar-refractivity contribution >= 4 is 79.6 Å². The Morgan fingerprint density at radius 1 is 1.25 bits per heavy atom. The predicted molar refractivity (Wildman–Crippen MR) is 81.9 cm³/mol. The third-order valence-electron chi connectivity index (χ3n) is 1.63. The quantitative estimate of drug-likeness (QED) is 0.447. The lowest BCUT2D eigenvalue weighted by Crippen LogP contribution is -2.38. The summed E-state index contributed by atoms with van der Waals surface area (Å²) in [6.07, 6.45) is 0. The molecule has 16 heavy (non-hydrogen) atoms. The molecule has 0 bridgehead atoms. The lowest BCUT2D eigenvalue weighted by molar-refractivity contribution is -0.303. The van der Waals surface area contributed by atoms with E-state index in [0.717, 1.165) is 10.7 Å². The molecule has 0 aliphatic rings. The third-order valence-corrected chi connectivity index (χ3v) is 5.30. The van der Waals surface area contributed by atoms with E-state index in [4.69, 9.17) is 0 Å². The second kappa shape index (κ2) is 6.33. The van der Waals surface area contributed by atoms with Gasteiger partial charge in [0.2, 0.25) is 0 Å². The molecule has 1 aromatic carbocycles. The number of benzene rings is 1. The smallest absolute Gasteiger partial charge is 0.252 e. The monoisotopic (exact) mass is 556 g/mol. The van der Waals surface area contributed by atoms with Crippen molar-refractivity contribution in [2.75, 3.05) is 6.54 Å². The van der Waals surface area contributed by atoms with E-state index in [0.29, 0.717) is 5.56 Å². The summed E-state index contributed by atoms with van der Waals surface area (Å²) in [6.45, 7) is -0.475. The Hall–Kier alpha value is 0.350. The molecule has 1 aromatic rings. The second-order valence-corrected chi connectivity index (χ2v) is 6.29. The molecule has 0 radical (unpaired) electrons. The van der Waals surface area contributed by atoms with Gasteiger partial charge in [0.1, 0.15) is 0 Å². The van der Waals surface area contributed by atoms with Crippen LogP contribution in [0.4, 0.5) is 0 Å². The molecule has 0 spiro atoms. The molecule has 0 aromatic heterocycles. The van der Waals surface area contributed by atoms with Crippen LogP contribution in [-0.2, 0) is 4.79 Å². The van der Waals surface area contributed by atoms with E-state index < -0.39 is 18.4 Å². The maximum absolute atomic E-state index is 11.7. The Morgan fingerprint density at radius 2 is 1.88 bits per heavy atom. The summed E-state index contributed by atoms with van der Waals surface area (Å²) < 4.78 is 2.71. The lowest BCUT2D eigenvalue weighted by atomic mass is 10.2. The van der Waals surface area contributed by atoms with Crippen LogP contribution in [0.25, 0.3) is 0 Å². The molecule has 0 atom stereocenters. The van der Waals surface area contributed by atoms with Gasteiger partial charge in [0, 0.05) is 10.7 Å². The number of carbonyl (C=O) groups excluding carboxylic acids is 2. The van der Waals surface area contributed by atoms with Gasteiger partial charge in [-0.15, -0.1) is 0 Å². The summed E-state index contributed by atoms with van der Waals surface area (Å²) in [5.74, 6) is -1.70. The number of carboxylic acids is 1. The van der Waals surface area contributed by atoms with Crippen molar-refractivity contribution in [2.45, 2.75) is 0 Å². The zero-order valence-electron chi connectivity index (χ0n) is 7.72. The first-order chi connectivity index (χ1) is 7.41. The van der Waals surface area contributed by atoms with Crippen molar-refractivity contribution in [3.8, 4) is 0 Å². The van der Waals surface area contributed by atoms with Crippen molar-refractivity contribution in [1.29, 1.82) is 0 Å². The van der Waals surface area contributed by atoms with Crippen molar-refractivity contribution < 1.29 is 14.7 Å². The number of hydrogen-bond donors (Lipinski definition) is 1. The number of aliphatic carboxylic acids is 1. The molecule has 7 heteroatoms. The van der Waals surface area contributed by atoms with Crippen LogP contribution in [0.3, 0.4) is 0 Å². The summed E-state index contributed by atoms with van der Waals surface area (Å²) in [5, 5.41) is 12.5. The van der Waals surface area contributed by atoms with Crippen LogP contribution in [0, 0.1) is 10.7 Å². The number of carbonyl (C=O) groups is 2. The van der Waals surface area contributed by atoms with Crippen LogP contribution in [0.5, 0.6) is 0 Å². The molecular weight excluding hydrogens is 551 g/mol. The molecule has 0 heterocycles. The fourth-order valence-electron chi connectivity index (χ4n) is 0.969.